The second kappa shape index (κ2) is 13.3. The van der Waals surface area contributed by atoms with Crippen LogP contribution in [0.15, 0.2) is 54.9 Å². The molecule has 1 fully saturated rings. The predicted octanol–water partition coefficient (Wildman–Crippen LogP) is 7.31. The maximum Gasteiger partial charge on any atom is 0.416 e. The van der Waals surface area contributed by atoms with E-state index in [1.807, 2.05) is 4.68 Å². The van der Waals surface area contributed by atoms with E-state index in [1.165, 1.54) is 0 Å². The van der Waals surface area contributed by atoms with Crippen molar-refractivity contribution in [2.45, 2.75) is 82.5 Å². The third-order valence-corrected chi connectivity index (χ3v) is 8.71. The van der Waals surface area contributed by atoms with E-state index in [9.17, 15) is 22.8 Å². The SMILES string of the molecule is Nc1ncc2c3c1c(-c1ccc(C(=O)Nc4cc(C(F)(F)F)ccn4)cc1)nn3[C@@H]1CCC[C@H](C1)NC(=O)CCCCCC/C=C/2. The van der Waals surface area contributed by atoms with Gasteiger partial charge >= 0.3 is 6.18 Å². The summed E-state index contributed by atoms with van der Waals surface area (Å²) in [5.74, 6) is -0.357. The summed E-state index contributed by atoms with van der Waals surface area (Å²) in [6.07, 6.45) is 11.4. The Morgan fingerprint density at radius 1 is 1.02 bits per heavy atom. The predicted molar refractivity (Wildman–Crippen MR) is 171 cm³/mol. The number of fused-ring (bicyclic) bond motifs is 3. The lowest BCUT2D eigenvalue weighted by Crippen LogP contribution is -2.39. The van der Waals surface area contributed by atoms with E-state index < -0.39 is 17.6 Å². The van der Waals surface area contributed by atoms with Crippen molar-refractivity contribution in [1.29, 1.82) is 0 Å². The average molecular weight is 632 g/mol. The second-order valence-corrected chi connectivity index (χ2v) is 12.0. The van der Waals surface area contributed by atoms with Crippen LogP contribution in [0.3, 0.4) is 0 Å². The largest absolute Gasteiger partial charge is 0.416 e. The number of nitrogens with zero attached hydrogens (tertiary/aromatic N) is 4. The van der Waals surface area contributed by atoms with E-state index in [0.717, 1.165) is 87.2 Å². The number of pyridine rings is 2. The molecule has 0 saturated heterocycles. The molecule has 2 aliphatic rings. The van der Waals surface area contributed by atoms with E-state index >= 15 is 0 Å². The number of carbonyl (C=O) groups excluding carboxylic acids is 2. The van der Waals surface area contributed by atoms with E-state index in [2.05, 4.69) is 32.8 Å². The first kappa shape index (κ1) is 31.3. The number of hydrogen-bond donors (Lipinski definition) is 3. The monoisotopic (exact) mass is 631 g/mol. The molecule has 6 rings (SSSR count). The van der Waals surface area contributed by atoms with E-state index in [0.29, 0.717) is 28.9 Å². The number of amides is 2. The molecule has 2 bridgehead atoms. The van der Waals surface area contributed by atoms with Gasteiger partial charge in [0.15, 0.2) is 0 Å². The topological polar surface area (TPSA) is 128 Å². The fourth-order valence-electron chi connectivity index (χ4n) is 6.38. The Morgan fingerprint density at radius 3 is 2.63 bits per heavy atom. The Balaban J connectivity index is 1.35. The Labute approximate surface area is 264 Å². The molecule has 1 saturated carbocycles. The normalized spacial score (nSPS) is 20.2. The number of allylic oxidation sites excluding steroid dienone is 1. The third kappa shape index (κ3) is 6.90. The number of hydrogen-bond acceptors (Lipinski definition) is 6. The summed E-state index contributed by atoms with van der Waals surface area (Å²) in [6.45, 7) is 0. The maximum atomic E-state index is 13.1. The number of alkyl halides is 3. The molecule has 0 spiro atoms. The minimum absolute atomic E-state index is 0.0298. The standard InChI is InChI=1S/C34H36F3N7O2/c35-34(36,37)24-16-17-39-27(18-24)42-33(46)22-14-12-21(13-15-22)30-29-31-23(20-40-32(29)38)8-5-3-1-2-4-6-11-28(45)41-25-9-7-10-26(19-25)44(31)43-30/h5,8,12-18,20,25-26H,1-4,6-7,9-11,19H2,(H2,38,40)(H,41,45)(H,39,42,46)/b8-5+/t25-,26-/m1/s1. The fraction of sp³-hybridized carbons (Fsp3) is 0.382. The first-order valence-electron chi connectivity index (χ1n) is 15.7. The van der Waals surface area contributed by atoms with Gasteiger partial charge in [-0.2, -0.15) is 18.3 Å². The molecule has 0 radical (unpaired) electrons. The van der Waals surface area contributed by atoms with Gasteiger partial charge in [0.2, 0.25) is 5.91 Å². The van der Waals surface area contributed by atoms with Crippen LogP contribution in [0, 0.1) is 0 Å². The molecular weight excluding hydrogens is 595 g/mol. The molecule has 4 N–H and O–H groups in total. The van der Waals surface area contributed by atoms with E-state index in [1.54, 1.807) is 30.5 Å². The number of nitrogens with one attached hydrogen (secondary N) is 2. The van der Waals surface area contributed by atoms with Gasteiger partial charge in [0.1, 0.15) is 17.3 Å². The highest BCUT2D eigenvalue weighted by Gasteiger charge is 2.31. The van der Waals surface area contributed by atoms with Crippen molar-refractivity contribution >= 4 is 40.4 Å². The summed E-state index contributed by atoms with van der Waals surface area (Å²) in [7, 11) is 0. The van der Waals surface area contributed by atoms with Gasteiger partial charge in [-0.15, -0.1) is 0 Å². The van der Waals surface area contributed by atoms with Crippen molar-refractivity contribution in [3.05, 3.63) is 71.6 Å². The Kier molecular flexibility index (Phi) is 9.05. The molecular formula is C34H36F3N7O2. The molecule has 12 heteroatoms. The molecule has 4 aromatic rings. The molecule has 240 valence electrons. The third-order valence-electron chi connectivity index (χ3n) is 8.71. The number of carbonyl (C=O) groups is 2. The average Bonchev–Trinajstić information content (AvgIpc) is 3.45. The zero-order valence-electron chi connectivity index (χ0n) is 25.3. The lowest BCUT2D eigenvalue weighted by molar-refractivity contribution is -0.137. The summed E-state index contributed by atoms with van der Waals surface area (Å²) >= 11 is 0. The summed E-state index contributed by atoms with van der Waals surface area (Å²) in [5.41, 5.74) is 8.96. The summed E-state index contributed by atoms with van der Waals surface area (Å²) < 4.78 is 41.4. The number of rotatable bonds is 3. The van der Waals surface area contributed by atoms with Crippen molar-refractivity contribution in [2.75, 3.05) is 11.1 Å². The summed E-state index contributed by atoms with van der Waals surface area (Å²) in [5, 5.41) is 11.5. The fourth-order valence-corrected chi connectivity index (χ4v) is 6.38. The molecule has 2 amide bonds. The van der Waals surface area contributed by atoms with Crippen molar-refractivity contribution < 1.29 is 22.8 Å². The van der Waals surface area contributed by atoms with Crippen molar-refractivity contribution in [3.8, 4) is 11.3 Å². The highest BCUT2D eigenvalue weighted by Crippen LogP contribution is 2.39. The van der Waals surface area contributed by atoms with Crippen LogP contribution in [-0.2, 0) is 11.0 Å². The quantitative estimate of drug-likeness (QED) is 0.218. The highest BCUT2D eigenvalue weighted by atomic mass is 19.4. The van der Waals surface area contributed by atoms with Crippen LogP contribution >= 0.6 is 0 Å². The lowest BCUT2D eigenvalue weighted by atomic mass is 9.90. The summed E-state index contributed by atoms with van der Waals surface area (Å²) in [4.78, 5) is 34.0. The van der Waals surface area contributed by atoms with Crippen LogP contribution in [0.5, 0.6) is 0 Å². The Bertz CT molecular complexity index is 1770. The van der Waals surface area contributed by atoms with Crippen molar-refractivity contribution in [3.63, 3.8) is 0 Å². The number of anilines is 2. The molecule has 3 aromatic heterocycles. The van der Waals surface area contributed by atoms with Crippen LogP contribution in [0.2, 0.25) is 0 Å². The van der Waals surface area contributed by atoms with Gasteiger partial charge in [-0.05, 0) is 69.2 Å². The molecule has 1 aromatic carbocycles. The van der Waals surface area contributed by atoms with Crippen LogP contribution in [0.25, 0.3) is 28.2 Å². The molecule has 1 aliphatic heterocycles. The number of nitrogen functional groups attached to an aromatic ring is 1. The van der Waals surface area contributed by atoms with Crippen LogP contribution in [0.1, 0.15) is 91.7 Å². The van der Waals surface area contributed by atoms with Crippen LogP contribution in [-0.4, -0.2) is 37.6 Å². The molecule has 2 atom stereocenters. The Hall–Kier alpha value is -4.74. The minimum atomic E-state index is -4.55. The zero-order chi connectivity index (χ0) is 32.3. The number of halogens is 3. The zero-order valence-corrected chi connectivity index (χ0v) is 25.3. The van der Waals surface area contributed by atoms with Gasteiger partial charge < -0.3 is 16.4 Å². The first-order chi connectivity index (χ1) is 22.2. The molecule has 0 unspecified atom stereocenters. The smallest absolute Gasteiger partial charge is 0.383 e. The number of nitrogens with two attached hydrogens (primary N) is 1. The van der Waals surface area contributed by atoms with Gasteiger partial charge in [-0.25, -0.2) is 9.97 Å². The lowest BCUT2D eigenvalue weighted by Gasteiger charge is -2.30. The maximum absolute atomic E-state index is 13.1. The van der Waals surface area contributed by atoms with E-state index in [-0.39, 0.29) is 29.4 Å². The summed E-state index contributed by atoms with van der Waals surface area (Å²) in [6, 6.07) is 8.38. The molecule has 9 nitrogen and oxygen atoms in total. The van der Waals surface area contributed by atoms with Gasteiger partial charge in [-0.3, -0.25) is 14.3 Å². The minimum Gasteiger partial charge on any atom is -0.383 e. The van der Waals surface area contributed by atoms with Gasteiger partial charge in [0.25, 0.3) is 5.91 Å². The van der Waals surface area contributed by atoms with Gasteiger partial charge in [0.05, 0.1) is 22.5 Å². The second-order valence-electron chi connectivity index (χ2n) is 12.0. The van der Waals surface area contributed by atoms with Gasteiger partial charge in [-0.1, -0.05) is 37.1 Å². The molecule has 4 heterocycles. The first-order valence-corrected chi connectivity index (χ1v) is 15.7. The Morgan fingerprint density at radius 2 is 1.83 bits per heavy atom. The van der Waals surface area contributed by atoms with Crippen LogP contribution < -0.4 is 16.4 Å². The van der Waals surface area contributed by atoms with Crippen LogP contribution in [0.4, 0.5) is 24.8 Å². The highest BCUT2D eigenvalue weighted by molar-refractivity contribution is 6.06. The van der Waals surface area contributed by atoms with E-state index in [4.69, 9.17) is 10.8 Å². The molecule has 1 aliphatic carbocycles. The van der Waals surface area contributed by atoms with Gasteiger partial charge in [0, 0.05) is 41.5 Å². The van der Waals surface area contributed by atoms with Crippen molar-refractivity contribution in [1.82, 2.24) is 25.1 Å². The van der Waals surface area contributed by atoms with Crippen molar-refractivity contribution in [2.24, 2.45) is 0 Å². The molecule has 46 heavy (non-hydrogen) atoms. The number of aromatic nitrogens is 4. The number of benzene rings is 1.